The number of carbonyl (C=O) groups is 1. The van der Waals surface area contributed by atoms with E-state index in [1.54, 1.807) is 6.20 Å². The van der Waals surface area contributed by atoms with Crippen molar-refractivity contribution in [2.75, 3.05) is 0 Å². The molecule has 1 aromatic heterocycles. The molecular formula is C18H25ClN4O. The van der Waals surface area contributed by atoms with Crippen LogP contribution in [0.5, 0.6) is 0 Å². The van der Waals surface area contributed by atoms with Gasteiger partial charge in [-0.3, -0.25) is 9.48 Å². The van der Waals surface area contributed by atoms with Gasteiger partial charge in [-0.15, -0.1) is 12.4 Å². The molecule has 6 heteroatoms. The molecule has 0 aliphatic heterocycles. The van der Waals surface area contributed by atoms with E-state index in [-0.39, 0.29) is 24.4 Å². The molecule has 3 N–H and O–H groups in total. The monoisotopic (exact) mass is 348 g/mol. The molecule has 2 aromatic rings. The summed E-state index contributed by atoms with van der Waals surface area (Å²) in [7, 11) is 0. The van der Waals surface area contributed by atoms with Crippen LogP contribution in [-0.2, 0) is 17.9 Å². The fourth-order valence-electron chi connectivity index (χ4n) is 3.17. The highest BCUT2D eigenvalue weighted by Gasteiger charge is 2.25. The lowest BCUT2D eigenvalue weighted by Gasteiger charge is -2.14. The average Bonchev–Trinajstić information content (AvgIpc) is 3.19. The Kier molecular flexibility index (Phi) is 6.82. The molecule has 1 fully saturated rings. The summed E-state index contributed by atoms with van der Waals surface area (Å²) >= 11 is 0. The van der Waals surface area contributed by atoms with E-state index >= 15 is 0 Å². The van der Waals surface area contributed by atoms with Crippen molar-refractivity contribution in [3.8, 4) is 0 Å². The minimum Gasteiger partial charge on any atom is -0.352 e. The van der Waals surface area contributed by atoms with Crippen LogP contribution in [-0.4, -0.2) is 21.7 Å². The number of nitrogens with one attached hydrogen (secondary N) is 1. The average molecular weight is 349 g/mol. The highest BCUT2D eigenvalue weighted by molar-refractivity contribution is 5.85. The normalized spacial score (nSPS) is 19.7. The highest BCUT2D eigenvalue weighted by atomic mass is 35.5. The van der Waals surface area contributed by atoms with Crippen molar-refractivity contribution in [1.82, 2.24) is 15.1 Å². The van der Waals surface area contributed by atoms with E-state index in [1.807, 2.05) is 16.9 Å². The fourth-order valence-corrected chi connectivity index (χ4v) is 3.17. The Morgan fingerprint density at radius 2 is 2.00 bits per heavy atom. The van der Waals surface area contributed by atoms with Crippen molar-refractivity contribution in [2.24, 2.45) is 11.7 Å². The fraction of sp³-hybridized carbons (Fsp3) is 0.444. The van der Waals surface area contributed by atoms with E-state index < -0.39 is 0 Å². The van der Waals surface area contributed by atoms with E-state index in [9.17, 15) is 4.79 Å². The molecule has 0 unspecified atom stereocenters. The van der Waals surface area contributed by atoms with Gasteiger partial charge < -0.3 is 11.1 Å². The summed E-state index contributed by atoms with van der Waals surface area (Å²) in [6.07, 6.45) is 7.56. The summed E-state index contributed by atoms with van der Waals surface area (Å²) in [4.78, 5) is 12.0. The van der Waals surface area contributed by atoms with E-state index in [1.165, 1.54) is 5.56 Å². The van der Waals surface area contributed by atoms with Crippen molar-refractivity contribution >= 4 is 18.3 Å². The van der Waals surface area contributed by atoms with Crippen molar-refractivity contribution in [1.29, 1.82) is 0 Å². The number of nitrogens with zero attached hydrogens (tertiary/aromatic N) is 2. The second-order valence-corrected chi connectivity index (χ2v) is 6.36. The van der Waals surface area contributed by atoms with E-state index in [4.69, 9.17) is 5.73 Å². The third kappa shape index (κ3) is 5.08. The standard InChI is InChI=1S/C18H24N4O.ClH/c19-17-4-1-3-16(17)11-18(23)20-12-14-5-7-15(8-6-14)13-22-10-2-9-21-22;/h2,5-10,16-17H,1,3-4,11-13,19H2,(H,20,23);1H/t16-,17+;/m0./s1. The van der Waals surface area contributed by atoms with Crippen LogP contribution in [0.25, 0.3) is 0 Å². The molecule has 130 valence electrons. The maximum Gasteiger partial charge on any atom is 0.220 e. The van der Waals surface area contributed by atoms with Crippen LogP contribution in [0.1, 0.15) is 36.8 Å². The van der Waals surface area contributed by atoms with E-state index in [0.717, 1.165) is 31.4 Å². The maximum absolute atomic E-state index is 12.0. The van der Waals surface area contributed by atoms with Crippen LogP contribution in [0, 0.1) is 5.92 Å². The predicted octanol–water partition coefficient (Wildman–Crippen LogP) is 2.49. The van der Waals surface area contributed by atoms with Gasteiger partial charge in [0, 0.05) is 31.4 Å². The number of hydrogen-bond donors (Lipinski definition) is 2. The van der Waals surface area contributed by atoms with Crippen LogP contribution in [0.3, 0.4) is 0 Å². The Hall–Kier alpha value is -1.85. The molecule has 3 rings (SSSR count). The first-order valence-electron chi connectivity index (χ1n) is 8.28. The highest BCUT2D eigenvalue weighted by Crippen LogP contribution is 2.26. The molecule has 2 atom stereocenters. The zero-order valence-corrected chi connectivity index (χ0v) is 14.5. The lowest BCUT2D eigenvalue weighted by Crippen LogP contribution is -2.31. The minimum atomic E-state index is 0. The first kappa shape index (κ1) is 18.5. The number of halogens is 1. The number of amides is 1. The topological polar surface area (TPSA) is 72.9 Å². The third-order valence-electron chi connectivity index (χ3n) is 4.58. The van der Waals surface area contributed by atoms with Gasteiger partial charge in [0.25, 0.3) is 0 Å². The van der Waals surface area contributed by atoms with Gasteiger partial charge in [-0.1, -0.05) is 30.7 Å². The zero-order valence-electron chi connectivity index (χ0n) is 13.7. The molecule has 0 bridgehead atoms. The van der Waals surface area contributed by atoms with Crippen LogP contribution >= 0.6 is 12.4 Å². The molecule has 0 spiro atoms. The van der Waals surface area contributed by atoms with Crippen molar-refractivity contribution in [3.05, 3.63) is 53.9 Å². The minimum absolute atomic E-state index is 0. The second-order valence-electron chi connectivity index (χ2n) is 6.36. The first-order chi connectivity index (χ1) is 11.2. The zero-order chi connectivity index (χ0) is 16.1. The van der Waals surface area contributed by atoms with Crippen LogP contribution in [0.4, 0.5) is 0 Å². The molecule has 1 aromatic carbocycles. The number of rotatable bonds is 6. The van der Waals surface area contributed by atoms with E-state index in [0.29, 0.717) is 18.9 Å². The van der Waals surface area contributed by atoms with Gasteiger partial charge in [0.1, 0.15) is 0 Å². The van der Waals surface area contributed by atoms with Gasteiger partial charge in [0.2, 0.25) is 5.91 Å². The summed E-state index contributed by atoms with van der Waals surface area (Å²) < 4.78 is 1.89. The number of nitrogens with two attached hydrogens (primary N) is 1. The Morgan fingerprint density at radius 3 is 2.62 bits per heavy atom. The maximum atomic E-state index is 12.0. The van der Waals surface area contributed by atoms with Gasteiger partial charge in [-0.2, -0.15) is 5.10 Å². The van der Waals surface area contributed by atoms with E-state index in [2.05, 4.69) is 34.7 Å². The molecule has 1 aliphatic rings. The number of hydrogen-bond acceptors (Lipinski definition) is 3. The molecule has 1 heterocycles. The number of benzene rings is 1. The predicted molar refractivity (Wildman–Crippen MR) is 96.8 cm³/mol. The Bertz CT molecular complexity index is 627. The van der Waals surface area contributed by atoms with Crippen molar-refractivity contribution in [3.63, 3.8) is 0 Å². The lowest BCUT2D eigenvalue weighted by atomic mass is 10.00. The molecule has 1 aliphatic carbocycles. The van der Waals surface area contributed by atoms with Crippen LogP contribution in [0.15, 0.2) is 42.7 Å². The quantitative estimate of drug-likeness (QED) is 0.842. The van der Waals surface area contributed by atoms with Crippen molar-refractivity contribution < 1.29 is 4.79 Å². The molecule has 0 radical (unpaired) electrons. The molecule has 1 saturated carbocycles. The first-order valence-corrected chi connectivity index (χ1v) is 8.28. The van der Waals surface area contributed by atoms with Gasteiger partial charge in [0.05, 0.1) is 6.54 Å². The number of aromatic nitrogens is 2. The third-order valence-corrected chi connectivity index (χ3v) is 4.58. The SMILES string of the molecule is Cl.N[C@@H]1CCC[C@H]1CC(=O)NCc1ccc(Cn2cccn2)cc1. The van der Waals surface area contributed by atoms with Crippen LogP contribution < -0.4 is 11.1 Å². The largest absolute Gasteiger partial charge is 0.352 e. The molecule has 0 saturated heterocycles. The lowest BCUT2D eigenvalue weighted by molar-refractivity contribution is -0.122. The summed E-state index contributed by atoms with van der Waals surface area (Å²) in [5, 5.41) is 7.20. The second kappa shape index (κ2) is 8.85. The van der Waals surface area contributed by atoms with Gasteiger partial charge in [-0.25, -0.2) is 0 Å². The van der Waals surface area contributed by atoms with Gasteiger partial charge in [-0.05, 0) is 36.0 Å². The molecule has 24 heavy (non-hydrogen) atoms. The summed E-state index contributed by atoms with van der Waals surface area (Å²) in [5.41, 5.74) is 8.32. The molecule has 5 nitrogen and oxygen atoms in total. The summed E-state index contributed by atoms with van der Waals surface area (Å²) in [6.45, 7) is 1.34. The summed E-state index contributed by atoms with van der Waals surface area (Å²) in [5.74, 6) is 0.458. The van der Waals surface area contributed by atoms with Crippen molar-refractivity contribution in [2.45, 2.75) is 44.8 Å². The summed E-state index contributed by atoms with van der Waals surface area (Å²) in [6, 6.07) is 10.4. The molecule has 1 amide bonds. The van der Waals surface area contributed by atoms with Gasteiger partial charge >= 0.3 is 0 Å². The Balaban J connectivity index is 0.00000208. The Morgan fingerprint density at radius 1 is 1.25 bits per heavy atom. The smallest absolute Gasteiger partial charge is 0.220 e. The van der Waals surface area contributed by atoms with Gasteiger partial charge in [0.15, 0.2) is 0 Å². The Labute approximate surface area is 149 Å². The van der Waals surface area contributed by atoms with Crippen LogP contribution in [0.2, 0.25) is 0 Å². The number of carbonyl (C=O) groups excluding carboxylic acids is 1. The molecular weight excluding hydrogens is 324 g/mol.